The van der Waals surface area contributed by atoms with Crippen molar-refractivity contribution in [1.82, 2.24) is 0 Å². The van der Waals surface area contributed by atoms with Crippen molar-refractivity contribution in [2.75, 3.05) is 21.3 Å². The summed E-state index contributed by atoms with van der Waals surface area (Å²) in [6, 6.07) is 12.9. The number of aliphatic hydroxyl groups is 1. The van der Waals surface area contributed by atoms with Gasteiger partial charge in [-0.15, -0.1) is 0 Å². The molecule has 0 fully saturated rings. The van der Waals surface area contributed by atoms with Gasteiger partial charge in [0.05, 0.1) is 31.9 Å². The zero-order chi connectivity index (χ0) is 21.0. The Morgan fingerprint density at radius 2 is 1.66 bits per heavy atom. The molecule has 1 heterocycles. The fourth-order valence-corrected chi connectivity index (χ4v) is 3.73. The number of nitrogens with zero attached hydrogens (tertiary/aromatic N) is 1. The summed E-state index contributed by atoms with van der Waals surface area (Å²) in [5.74, 6) is 0.413. The molecule has 0 spiro atoms. The molecule has 0 unspecified atom stereocenters. The highest BCUT2D eigenvalue weighted by Crippen LogP contribution is 2.40. The highest BCUT2D eigenvalue weighted by atomic mass is 32.2. The quantitative estimate of drug-likeness (QED) is 0.711. The van der Waals surface area contributed by atoms with E-state index in [2.05, 4.69) is 4.99 Å². The molecular weight excluding hydrogens is 390 g/mol. The lowest BCUT2D eigenvalue weighted by molar-refractivity contribution is -0.135. The minimum absolute atomic E-state index is 0.0409. The number of carbonyl (C=O) groups excluding carboxylic acids is 1. The molecule has 0 saturated carbocycles. The van der Waals surface area contributed by atoms with E-state index in [1.807, 2.05) is 31.2 Å². The van der Waals surface area contributed by atoms with Crippen LogP contribution in [0.2, 0.25) is 0 Å². The van der Waals surface area contributed by atoms with Crippen molar-refractivity contribution >= 4 is 34.5 Å². The second kappa shape index (κ2) is 8.87. The van der Waals surface area contributed by atoms with Crippen LogP contribution >= 0.6 is 11.8 Å². The minimum Gasteiger partial charge on any atom is -0.506 e. The number of aliphatic imine (C=N–C) groups is 1. The van der Waals surface area contributed by atoms with Gasteiger partial charge in [0, 0.05) is 6.07 Å². The molecule has 1 aliphatic heterocycles. The number of aliphatic hydroxyl groups excluding tert-OH is 1. The van der Waals surface area contributed by atoms with E-state index >= 15 is 0 Å². The molecule has 2 aromatic carbocycles. The highest BCUT2D eigenvalue weighted by molar-refractivity contribution is 8.18. The van der Waals surface area contributed by atoms with Gasteiger partial charge < -0.3 is 19.3 Å². The number of aryl methyl sites for hydroxylation is 1. The van der Waals surface area contributed by atoms with Crippen molar-refractivity contribution in [3.05, 3.63) is 69.8 Å². The summed E-state index contributed by atoms with van der Waals surface area (Å²) in [4.78, 5) is 17.3. The number of carbonyl (C=O) groups is 1. The first-order valence-corrected chi connectivity index (χ1v) is 9.57. The summed E-state index contributed by atoms with van der Waals surface area (Å²) in [6.07, 6.45) is 1.74. The van der Waals surface area contributed by atoms with Crippen LogP contribution in [0.3, 0.4) is 0 Å². The van der Waals surface area contributed by atoms with Gasteiger partial charge in [0.15, 0.2) is 0 Å². The number of hydrogen-bond acceptors (Lipinski definition) is 7. The normalized spacial score (nSPS) is 16.4. The molecule has 6 nitrogen and oxygen atoms in total. The summed E-state index contributed by atoms with van der Waals surface area (Å²) >= 11 is 1.20. The van der Waals surface area contributed by atoms with Crippen LogP contribution < -0.4 is 9.47 Å². The Kier molecular flexibility index (Phi) is 6.29. The Labute approximate surface area is 173 Å². The minimum atomic E-state index is -0.646. The van der Waals surface area contributed by atoms with Gasteiger partial charge in [-0.25, -0.2) is 9.79 Å². The van der Waals surface area contributed by atoms with Crippen molar-refractivity contribution < 1.29 is 24.1 Å². The molecule has 0 radical (unpaired) electrons. The SMILES string of the molecule is COC(=O)C1=C(O)/C(=C\c2cc(OC)cc(OC)c2)SC1=Nc1ccc(C)cc1. The van der Waals surface area contributed by atoms with E-state index in [1.54, 1.807) is 38.5 Å². The van der Waals surface area contributed by atoms with Gasteiger partial charge >= 0.3 is 5.97 Å². The Balaban J connectivity index is 2.05. The Morgan fingerprint density at radius 3 is 2.21 bits per heavy atom. The maximum atomic E-state index is 12.3. The lowest BCUT2D eigenvalue weighted by Crippen LogP contribution is -2.10. The number of esters is 1. The summed E-state index contributed by atoms with van der Waals surface area (Å²) in [5.41, 5.74) is 2.57. The van der Waals surface area contributed by atoms with Crippen molar-refractivity contribution in [3.63, 3.8) is 0 Å². The molecule has 0 saturated heterocycles. The summed E-state index contributed by atoms with van der Waals surface area (Å²) in [6.45, 7) is 1.98. The third kappa shape index (κ3) is 4.63. The molecule has 7 heteroatoms. The molecule has 29 heavy (non-hydrogen) atoms. The number of methoxy groups -OCH3 is 3. The zero-order valence-electron chi connectivity index (χ0n) is 16.6. The average molecular weight is 411 g/mol. The molecule has 1 aliphatic rings. The fraction of sp³-hybridized carbons (Fsp3) is 0.182. The monoisotopic (exact) mass is 411 g/mol. The van der Waals surface area contributed by atoms with E-state index < -0.39 is 5.97 Å². The second-order valence-electron chi connectivity index (χ2n) is 6.22. The lowest BCUT2D eigenvalue weighted by atomic mass is 10.1. The first kappa shape index (κ1) is 20.5. The van der Waals surface area contributed by atoms with Crippen LogP contribution in [0.25, 0.3) is 6.08 Å². The Morgan fingerprint density at radius 1 is 1.03 bits per heavy atom. The van der Waals surface area contributed by atoms with Crippen molar-refractivity contribution in [2.24, 2.45) is 4.99 Å². The summed E-state index contributed by atoms with van der Waals surface area (Å²) < 4.78 is 15.4. The van der Waals surface area contributed by atoms with E-state index in [0.29, 0.717) is 27.1 Å². The Hall–Kier alpha value is -3.19. The molecule has 2 aromatic rings. The third-order valence-corrected chi connectivity index (χ3v) is 5.24. The highest BCUT2D eigenvalue weighted by Gasteiger charge is 2.33. The molecule has 0 aromatic heterocycles. The first-order chi connectivity index (χ1) is 13.9. The summed E-state index contributed by atoms with van der Waals surface area (Å²) in [7, 11) is 4.40. The maximum absolute atomic E-state index is 12.3. The van der Waals surface area contributed by atoms with E-state index in [4.69, 9.17) is 14.2 Å². The molecular formula is C22H21NO5S. The van der Waals surface area contributed by atoms with Crippen LogP contribution in [-0.4, -0.2) is 37.4 Å². The van der Waals surface area contributed by atoms with Gasteiger partial charge in [-0.05, 0) is 42.8 Å². The first-order valence-electron chi connectivity index (χ1n) is 8.75. The lowest BCUT2D eigenvalue weighted by Gasteiger charge is -2.06. The van der Waals surface area contributed by atoms with Crippen LogP contribution in [0.5, 0.6) is 11.5 Å². The van der Waals surface area contributed by atoms with Crippen molar-refractivity contribution in [3.8, 4) is 11.5 Å². The standard InChI is InChI=1S/C22H21NO5S/c1-13-5-7-15(8-6-13)23-21-19(22(25)28-4)20(24)18(29-21)11-14-9-16(26-2)12-17(10-14)27-3/h5-12,24H,1-4H3/b18-11+,23-21?. The van der Waals surface area contributed by atoms with Crippen LogP contribution in [0.4, 0.5) is 5.69 Å². The van der Waals surface area contributed by atoms with Crippen LogP contribution in [0.1, 0.15) is 11.1 Å². The van der Waals surface area contributed by atoms with Crippen molar-refractivity contribution in [2.45, 2.75) is 6.92 Å². The van der Waals surface area contributed by atoms with E-state index in [-0.39, 0.29) is 11.3 Å². The number of benzene rings is 2. The zero-order valence-corrected chi connectivity index (χ0v) is 17.4. The van der Waals surface area contributed by atoms with Gasteiger partial charge in [0.25, 0.3) is 0 Å². The van der Waals surface area contributed by atoms with Gasteiger partial charge in [-0.1, -0.05) is 29.5 Å². The molecule has 0 bridgehead atoms. The average Bonchev–Trinajstić information content (AvgIpc) is 3.03. The van der Waals surface area contributed by atoms with E-state index in [1.165, 1.54) is 18.9 Å². The molecule has 3 rings (SSSR count). The van der Waals surface area contributed by atoms with Crippen LogP contribution in [0.15, 0.2) is 63.7 Å². The van der Waals surface area contributed by atoms with Crippen LogP contribution in [0, 0.1) is 6.92 Å². The molecule has 0 aliphatic carbocycles. The topological polar surface area (TPSA) is 77.4 Å². The van der Waals surface area contributed by atoms with Crippen molar-refractivity contribution in [1.29, 1.82) is 0 Å². The molecule has 0 atom stereocenters. The number of hydrogen-bond donors (Lipinski definition) is 1. The molecule has 1 N–H and O–H groups in total. The van der Waals surface area contributed by atoms with Crippen LogP contribution in [-0.2, 0) is 9.53 Å². The van der Waals surface area contributed by atoms with E-state index in [0.717, 1.165) is 11.1 Å². The molecule has 0 amide bonds. The predicted octanol–water partition coefficient (Wildman–Crippen LogP) is 4.82. The smallest absolute Gasteiger partial charge is 0.344 e. The number of rotatable bonds is 5. The van der Waals surface area contributed by atoms with Gasteiger partial charge in [0.1, 0.15) is 27.9 Å². The Bertz CT molecular complexity index is 1000. The van der Waals surface area contributed by atoms with Gasteiger partial charge in [-0.2, -0.15) is 0 Å². The fourth-order valence-electron chi connectivity index (χ4n) is 2.69. The van der Waals surface area contributed by atoms with E-state index in [9.17, 15) is 9.90 Å². The largest absolute Gasteiger partial charge is 0.506 e. The predicted molar refractivity (Wildman–Crippen MR) is 115 cm³/mol. The van der Waals surface area contributed by atoms with Gasteiger partial charge in [-0.3, -0.25) is 0 Å². The third-order valence-electron chi connectivity index (χ3n) is 4.22. The number of ether oxygens (including phenoxy) is 3. The summed E-state index contributed by atoms with van der Waals surface area (Å²) in [5, 5.41) is 11.1. The number of thioether (sulfide) groups is 1. The van der Waals surface area contributed by atoms with Gasteiger partial charge in [0.2, 0.25) is 0 Å². The second-order valence-corrected chi connectivity index (χ2v) is 7.25. The maximum Gasteiger partial charge on any atom is 0.344 e. The molecule has 150 valence electrons.